The van der Waals surface area contributed by atoms with E-state index in [1.54, 1.807) is 6.92 Å². The molecule has 0 fully saturated rings. The molecule has 4 aromatic rings. The molecule has 0 saturated heterocycles. The number of esters is 1. The van der Waals surface area contributed by atoms with Crippen LogP contribution in [0.25, 0.3) is 11.0 Å². The number of methoxy groups -OCH3 is 1. The van der Waals surface area contributed by atoms with Gasteiger partial charge in [-0.05, 0) is 56.3 Å². The van der Waals surface area contributed by atoms with E-state index in [1.807, 2.05) is 0 Å². The molecule has 0 saturated carbocycles. The lowest BCUT2D eigenvalue weighted by atomic mass is 10.1. The van der Waals surface area contributed by atoms with Gasteiger partial charge in [0.15, 0.2) is 12.4 Å². The molecule has 0 unspecified atom stereocenters. The second-order valence-corrected chi connectivity index (χ2v) is 9.74. The molecule has 2 aromatic heterocycles. The molecule has 0 aliphatic heterocycles. The monoisotopic (exact) mass is 544 g/mol. The Balaban J connectivity index is 0.000000886. The minimum Gasteiger partial charge on any atom is -0.550 e. The number of furan rings is 1. The highest BCUT2D eigenvalue weighted by Gasteiger charge is 2.33. The fraction of sp³-hybridized carbons (Fsp3) is 0.120. The van der Waals surface area contributed by atoms with Crippen LogP contribution < -0.4 is 14.4 Å². The number of carboxylic acids is 1. The summed E-state index contributed by atoms with van der Waals surface area (Å²) in [6.07, 6.45) is 3.02. The standard InChI is InChI=1S/C23H17ClN2O6S.C2H4O2/c1-14-21(23(28)31-2)19-13-17(5-8-20(19)32-14)26(22(27)15-9-11-25-12-10-15)33(29,30)18-6-3-16(24)4-7-18;1-2(3)4/h3-13H,1-2H3;1H3,(H,3,4). The highest BCUT2D eigenvalue weighted by molar-refractivity contribution is 7.93. The maximum absolute atomic E-state index is 13.6. The number of benzene rings is 2. The third-order valence-electron chi connectivity index (χ3n) is 4.97. The summed E-state index contributed by atoms with van der Waals surface area (Å²) >= 11 is 5.91. The van der Waals surface area contributed by atoms with Gasteiger partial charge in [-0.1, -0.05) is 11.6 Å². The number of pyridine rings is 1. The van der Waals surface area contributed by atoms with Crippen LogP contribution in [0.2, 0.25) is 5.02 Å². The predicted molar refractivity (Wildman–Crippen MR) is 131 cm³/mol. The van der Waals surface area contributed by atoms with Crippen molar-refractivity contribution < 1.29 is 42.0 Å². The molecule has 2 aromatic carbocycles. The van der Waals surface area contributed by atoms with E-state index >= 15 is 0 Å². The zero-order valence-corrected chi connectivity index (χ0v) is 21.4. The first kappa shape index (κ1) is 27.4. The Morgan fingerprint density at radius 1 is 1.03 bits per heavy atom. The molecule has 0 spiro atoms. The number of aromatic nitrogens is 1. The molecular formula is C25H21ClN2O8S. The van der Waals surface area contributed by atoms with Gasteiger partial charge in [0, 0.05) is 28.5 Å². The van der Waals surface area contributed by atoms with Crippen LogP contribution >= 0.6 is 11.6 Å². The largest absolute Gasteiger partial charge is 0.550 e. The third-order valence-corrected chi connectivity index (χ3v) is 6.95. The molecule has 2 heterocycles. The summed E-state index contributed by atoms with van der Waals surface area (Å²) in [5.74, 6) is -2.19. The summed E-state index contributed by atoms with van der Waals surface area (Å²) < 4.78 is 38.4. The summed E-state index contributed by atoms with van der Waals surface area (Å²) in [4.78, 5) is 37.3. The zero-order chi connectivity index (χ0) is 27.3. The second-order valence-electron chi connectivity index (χ2n) is 7.51. The van der Waals surface area contributed by atoms with Gasteiger partial charge in [0.25, 0.3) is 15.9 Å². The minimum absolute atomic E-state index is 0.0289. The number of H-pyrrole nitrogens is 1. The van der Waals surface area contributed by atoms with Crippen molar-refractivity contribution in [3.05, 3.63) is 88.9 Å². The Bertz CT molecular complexity index is 1560. The van der Waals surface area contributed by atoms with Crippen molar-refractivity contribution in [2.45, 2.75) is 18.7 Å². The van der Waals surface area contributed by atoms with Crippen LogP contribution in [0.15, 0.2) is 76.3 Å². The van der Waals surface area contributed by atoms with Gasteiger partial charge >= 0.3 is 5.97 Å². The summed E-state index contributed by atoms with van der Waals surface area (Å²) in [5, 5.41) is 9.56. The van der Waals surface area contributed by atoms with E-state index in [2.05, 4.69) is 4.98 Å². The number of anilines is 1. The first-order chi connectivity index (χ1) is 17.5. The van der Waals surface area contributed by atoms with Gasteiger partial charge in [0.2, 0.25) is 0 Å². The zero-order valence-electron chi connectivity index (χ0n) is 19.9. The summed E-state index contributed by atoms with van der Waals surface area (Å²) in [5.41, 5.74) is 0.673. The number of sulfonamides is 1. The fourth-order valence-corrected chi connectivity index (χ4v) is 4.95. The minimum atomic E-state index is -4.35. The number of aryl methyl sites for hydroxylation is 1. The van der Waals surface area contributed by atoms with E-state index in [0.29, 0.717) is 26.1 Å². The van der Waals surface area contributed by atoms with Crippen molar-refractivity contribution in [1.82, 2.24) is 0 Å². The van der Waals surface area contributed by atoms with E-state index < -0.39 is 27.9 Å². The van der Waals surface area contributed by atoms with Crippen molar-refractivity contribution in [3.8, 4) is 0 Å². The Morgan fingerprint density at radius 2 is 1.62 bits per heavy atom. The Morgan fingerprint density at radius 3 is 2.19 bits per heavy atom. The fourth-order valence-electron chi connectivity index (χ4n) is 3.41. The Labute approximate surface area is 217 Å². The number of nitrogens with one attached hydrogen (secondary N) is 1. The van der Waals surface area contributed by atoms with Gasteiger partial charge in [-0.3, -0.25) is 4.79 Å². The number of ether oxygens (including phenoxy) is 1. The number of carbonyl (C=O) groups is 3. The maximum atomic E-state index is 13.6. The second kappa shape index (κ2) is 11.2. The van der Waals surface area contributed by atoms with Crippen molar-refractivity contribution in [2.75, 3.05) is 11.4 Å². The molecule has 0 aliphatic rings. The maximum Gasteiger partial charge on any atom is 0.342 e. The number of aromatic amines is 1. The average molecular weight is 545 g/mol. The number of fused-ring (bicyclic) bond motifs is 1. The molecule has 1 N–H and O–H groups in total. The van der Waals surface area contributed by atoms with Gasteiger partial charge in [-0.25, -0.2) is 18.2 Å². The molecular weight excluding hydrogens is 524 g/mol. The number of carboxylic acid groups (broad SMARTS) is 1. The summed E-state index contributed by atoms with van der Waals surface area (Å²) in [6.45, 7) is 2.57. The number of rotatable bonds is 5. The molecule has 0 atom stereocenters. The van der Waals surface area contributed by atoms with Crippen molar-refractivity contribution in [1.29, 1.82) is 0 Å². The van der Waals surface area contributed by atoms with Crippen LogP contribution in [0.3, 0.4) is 0 Å². The van der Waals surface area contributed by atoms with Gasteiger partial charge in [-0.15, -0.1) is 0 Å². The van der Waals surface area contributed by atoms with Crippen LogP contribution in [0.5, 0.6) is 0 Å². The van der Waals surface area contributed by atoms with E-state index in [9.17, 15) is 18.0 Å². The van der Waals surface area contributed by atoms with Gasteiger partial charge in [0.1, 0.15) is 16.9 Å². The Hall–Kier alpha value is -4.22. The smallest absolute Gasteiger partial charge is 0.342 e. The van der Waals surface area contributed by atoms with Crippen molar-refractivity contribution in [2.24, 2.45) is 0 Å². The molecule has 0 radical (unpaired) electrons. The molecule has 0 bridgehead atoms. The molecule has 1 amide bonds. The van der Waals surface area contributed by atoms with E-state index in [1.165, 1.54) is 74.1 Å². The summed E-state index contributed by atoms with van der Waals surface area (Å²) in [7, 11) is -3.12. The van der Waals surface area contributed by atoms with Gasteiger partial charge < -0.3 is 19.1 Å². The van der Waals surface area contributed by atoms with E-state index in [-0.39, 0.29) is 21.7 Å². The number of halogens is 1. The topological polar surface area (TPSA) is 148 Å². The quantitative estimate of drug-likeness (QED) is 0.348. The number of amides is 1. The highest BCUT2D eigenvalue weighted by Crippen LogP contribution is 2.33. The average Bonchev–Trinajstić information content (AvgIpc) is 3.19. The number of aliphatic carboxylic acids is 1. The molecule has 37 heavy (non-hydrogen) atoms. The van der Waals surface area contributed by atoms with E-state index in [4.69, 9.17) is 30.7 Å². The lowest BCUT2D eigenvalue weighted by molar-refractivity contribution is -0.378. The van der Waals surface area contributed by atoms with Crippen LogP contribution in [0.1, 0.15) is 33.4 Å². The molecule has 10 nitrogen and oxygen atoms in total. The number of nitrogens with zero attached hydrogens (tertiary/aromatic N) is 1. The Kier molecular flexibility index (Phi) is 8.31. The lowest BCUT2D eigenvalue weighted by Crippen LogP contribution is -2.37. The van der Waals surface area contributed by atoms with Crippen LogP contribution in [-0.2, 0) is 19.6 Å². The summed E-state index contributed by atoms with van der Waals surface area (Å²) in [6, 6.07) is 12.8. The van der Waals surface area contributed by atoms with E-state index in [0.717, 1.165) is 6.92 Å². The van der Waals surface area contributed by atoms with Crippen molar-refractivity contribution in [3.63, 3.8) is 0 Å². The number of carbonyl (C=O) groups excluding carboxylic acids is 3. The predicted octanol–water partition coefficient (Wildman–Crippen LogP) is 2.79. The van der Waals surface area contributed by atoms with Crippen LogP contribution in [0.4, 0.5) is 5.69 Å². The molecule has 192 valence electrons. The normalized spacial score (nSPS) is 10.8. The van der Waals surface area contributed by atoms with Crippen molar-refractivity contribution >= 4 is 56.1 Å². The first-order valence-electron chi connectivity index (χ1n) is 10.6. The molecule has 4 rings (SSSR count). The number of hydrogen-bond donors (Lipinski definition) is 0. The first-order valence-corrected chi connectivity index (χ1v) is 12.4. The number of hydrogen-bond acceptors (Lipinski definition) is 8. The molecule has 0 aliphatic carbocycles. The van der Waals surface area contributed by atoms with Gasteiger partial charge in [-0.2, -0.15) is 4.31 Å². The third kappa shape index (κ3) is 5.96. The molecule has 12 heteroatoms. The van der Waals surface area contributed by atoms with Gasteiger partial charge in [0.05, 0.1) is 23.3 Å². The van der Waals surface area contributed by atoms with Crippen LogP contribution in [-0.4, -0.2) is 33.4 Å². The van der Waals surface area contributed by atoms with Crippen LogP contribution in [0, 0.1) is 6.92 Å². The SMILES string of the molecule is CC(=O)[O-].COC(=O)c1c(C)oc2ccc(N(C(=O)c3cc[nH+]cc3)S(=O)(=O)c3ccc(Cl)cc3)cc12. The lowest BCUT2D eigenvalue weighted by Gasteiger charge is -2.22. The highest BCUT2D eigenvalue weighted by atomic mass is 35.5.